The first-order valence-electron chi connectivity index (χ1n) is 10.8. The largest absolute Gasteiger partial charge is 0.356 e. The zero-order valence-electron chi connectivity index (χ0n) is 17.9. The van der Waals surface area contributed by atoms with E-state index in [4.69, 9.17) is 0 Å². The van der Waals surface area contributed by atoms with Crippen molar-refractivity contribution in [1.29, 1.82) is 0 Å². The number of nitrogens with one attached hydrogen (secondary N) is 1. The number of rotatable bonds is 5. The zero-order valence-corrected chi connectivity index (χ0v) is 17.9. The molecule has 7 nitrogen and oxygen atoms in total. The Morgan fingerprint density at radius 1 is 1.17 bits per heavy atom. The molecular formula is C23H31N5O2. The number of hydrogen-bond acceptors (Lipinski definition) is 4. The number of aryl methyl sites for hydroxylation is 2. The Morgan fingerprint density at radius 2 is 1.97 bits per heavy atom. The number of nitrogens with zero attached hydrogens (tertiary/aromatic N) is 4. The summed E-state index contributed by atoms with van der Waals surface area (Å²) in [6.07, 6.45) is 3.87. The van der Waals surface area contributed by atoms with E-state index in [1.807, 2.05) is 34.7 Å². The molecule has 1 saturated heterocycles. The van der Waals surface area contributed by atoms with E-state index in [0.29, 0.717) is 18.9 Å². The molecule has 0 saturated carbocycles. The lowest BCUT2D eigenvalue weighted by Gasteiger charge is -2.32. The van der Waals surface area contributed by atoms with Gasteiger partial charge in [0.1, 0.15) is 0 Å². The summed E-state index contributed by atoms with van der Waals surface area (Å²) in [5.41, 5.74) is 3.95. The number of hydrogen-bond donors (Lipinski definition) is 1. The van der Waals surface area contributed by atoms with Crippen molar-refractivity contribution >= 4 is 11.8 Å². The summed E-state index contributed by atoms with van der Waals surface area (Å²) in [6, 6.07) is 8.06. The summed E-state index contributed by atoms with van der Waals surface area (Å²) >= 11 is 0. The maximum absolute atomic E-state index is 13.0. The van der Waals surface area contributed by atoms with Crippen LogP contribution >= 0.6 is 0 Å². The maximum atomic E-state index is 13.0. The van der Waals surface area contributed by atoms with E-state index in [1.165, 1.54) is 5.56 Å². The van der Waals surface area contributed by atoms with Gasteiger partial charge in [-0.1, -0.05) is 29.8 Å². The van der Waals surface area contributed by atoms with Crippen molar-refractivity contribution < 1.29 is 9.59 Å². The van der Waals surface area contributed by atoms with Gasteiger partial charge >= 0.3 is 0 Å². The molecule has 1 unspecified atom stereocenters. The van der Waals surface area contributed by atoms with Crippen molar-refractivity contribution in [3.63, 3.8) is 0 Å². The van der Waals surface area contributed by atoms with Gasteiger partial charge in [0.2, 0.25) is 5.91 Å². The van der Waals surface area contributed by atoms with Gasteiger partial charge in [0.15, 0.2) is 0 Å². The highest BCUT2D eigenvalue weighted by atomic mass is 16.2. The minimum atomic E-state index is 0.0495. The van der Waals surface area contributed by atoms with Gasteiger partial charge in [-0.15, -0.1) is 0 Å². The average molecular weight is 410 g/mol. The minimum Gasteiger partial charge on any atom is -0.356 e. The summed E-state index contributed by atoms with van der Waals surface area (Å²) < 4.78 is 1.97. The molecule has 2 aromatic rings. The molecule has 1 atom stereocenters. The molecule has 3 heterocycles. The first kappa shape index (κ1) is 20.6. The van der Waals surface area contributed by atoms with Gasteiger partial charge in [0.05, 0.1) is 23.9 Å². The highest BCUT2D eigenvalue weighted by molar-refractivity contribution is 5.95. The zero-order chi connectivity index (χ0) is 21.1. The first-order valence-corrected chi connectivity index (χ1v) is 10.8. The molecule has 2 aliphatic heterocycles. The number of fused-ring (bicyclic) bond motifs is 1. The van der Waals surface area contributed by atoms with Gasteiger partial charge in [-0.2, -0.15) is 5.10 Å². The lowest BCUT2D eigenvalue weighted by atomic mass is 9.94. The number of amides is 2. The van der Waals surface area contributed by atoms with Crippen LogP contribution in [-0.2, 0) is 24.2 Å². The molecule has 0 radical (unpaired) electrons. The first-order chi connectivity index (χ1) is 14.5. The molecule has 2 amide bonds. The third-order valence-corrected chi connectivity index (χ3v) is 6.24. The molecule has 30 heavy (non-hydrogen) atoms. The highest BCUT2D eigenvalue weighted by Gasteiger charge is 2.29. The standard InChI is InChI=1S/C23H31N5O2/c1-17-4-3-5-18(12-17)14-22(29)24-15-19-6-7-28-21(13-19)20(16-25-28)23(30)27-10-8-26(2)9-11-27/h3-5,12,16,19H,6-11,13-15H2,1-2H3,(H,24,29). The van der Waals surface area contributed by atoms with E-state index >= 15 is 0 Å². The maximum Gasteiger partial charge on any atom is 0.257 e. The molecule has 0 bridgehead atoms. The Balaban J connectivity index is 1.33. The Kier molecular flexibility index (Phi) is 6.18. The molecule has 0 spiro atoms. The third-order valence-electron chi connectivity index (χ3n) is 6.24. The van der Waals surface area contributed by atoms with Crippen molar-refractivity contribution in [1.82, 2.24) is 24.9 Å². The second kappa shape index (κ2) is 9.00. The predicted molar refractivity (Wildman–Crippen MR) is 115 cm³/mol. The summed E-state index contributed by atoms with van der Waals surface area (Å²) in [6.45, 7) is 6.81. The topological polar surface area (TPSA) is 70.5 Å². The Labute approximate surface area is 178 Å². The summed E-state index contributed by atoms with van der Waals surface area (Å²) in [7, 11) is 2.08. The van der Waals surface area contributed by atoms with Gasteiger partial charge < -0.3 is 15.1 Å². The fraction of sp³-hybridized carbons (Fsp3) is 0.522. The van der Waals surface area contributed by atoms with E-state index in [2.05, 4.69) is 28.4 Å². The van der Waals surface area contributed by atoms with Crippen molar-refractivity contribution in [2.75, 3.05) is 39.8 Å². The molecular weight excluding hydrogens is 378 g/mol. The van der Waals surface area contributed by atoms with Crippen LogP contribution in [0.2, 0.25) is 0 Å². The lowest BCUT2D eigenvalue weighted by molar-refractivity contribution is -0.120. The van der Waals surface area contributed by atoms with Crippen LogP contribution in [0, 0.1) is 12.8 Å². The van der Waals surface area contributed by atoms with E-state index in [9.17, 15) is 9.59 Å². The van der Waals surface area contributed by atoms with Gasteiger partial charge in [-0.05, 0) is 38.3 Å². The average Bonchev–Trinajstić information content (AvgIpc) is 3.15. The van der Waals surface area contributed by atoms with Crippen molar-refractivity contribution in [3.8, 4) is 0 Å². The molecule has 1 aromatic heterocycles. The second-order valence-electron chi connectivity index (χ2n) is 8.65. The molecule has 0 aliphatic carbocycles. The monoisotopic (exact) mass is 409 g/mol. The number of aromatic nitrogens is 2. The fourth-order valence-electron chi connectivity index (χ4n) is 4.36. The summed E-state index contributed by atoms with van der Waals surface area (Å²) in [5.74, 6) is 0.469. The van der Waals surface area contributed by atoms with Crippen molar-refractivity contribution in [2.45, 2.75) is 32.7 Å². The van der Waals surface area contributed by atoms with Crippen molar-refractivity contribution in [2.24, 2.45) is 5.92 Å². The fourth-order valence-corrected chi connectivity index (χ4v) is 4.36. The number of carbonyl (C=O) groups is 2. The normalized spacial score (nSPS) is 19.4. The van der Waals surface area contributed by atoms with Gasteiger partial charge in [0, 0.05) is 39.3 Å². The van der Waals surface area contributed by atoms with E-state index < -0.39 is 0 Å². The van der Waals surface area contributed by atoms with Gasteiger partial charge in [0.25, 0.3) is 5.91 Å². The van der Waals surface area contributed by atoms with E-state index in [1.54, 1.807) is 6.20 Å². The summed E-state index contributed by atoms with van der Waals surface area (Å²) in [4.78, 5) is 29.6. The number of carbonyl (C=O) groups excluding carboxylic acids is 2. The molecule has 2 aliphatic rings. The van der Waals surface area contributed by atoms with Crippen molar-refractivity contribution in [3.05, 3.63) is 52.8 Å². The van der Waals surface area contributed by atoms with E-state index in [0.717, 1.165) is 62.4 Å². The van der Waals surface area contributed by atoms with Crippen LogP contribution in [0.25, 0.3) is 0 Å². The van der Waals surface area contributed by atoms with Crippen LogP contribution in [0.15, 0.2) is 30.5 Å². The van der Waals surface area contributed by atoms with Gasteiger partial charge in [-0.3, -0.25) is 14.3 Å². The SMILES string of the molecule is Cc1cccc(CC(=O)NCC2CCn3ncc(C(=O)N4CCN(C)CC4)c3C2)c1. The Morgan fingerprint density at radius 3 is 2.73 bits per heavy atom. The third kappa shape index (κ3) is 4.73. The minimum absolute atomic E-state index is 0.0495. The molecule has 4 rings (SSSR count). The number of benzene rings is 1. The Hall–Kier alpha value is -2.67. The van der Waals surface area contributed by atoms with Crippen LogP contribution in [0.1, 0.15) is 33.6 Å². The van der Waals surface area contributed by atoms with Gasteiger partial charge in [-0.25, -0.2) is 0 Å². The second-order valence-corrected chi connectivity index (χ2v) is 8.65. The molecule has 160 valence electrons. The van der Waals surface area contributed by atoms with Crippen LogP contribution in [0.5, 0.6) is 0 Å². The number of piperazine rings is 1. The van der Waals surface area contributed by atoms with Crippen LogP contribution in [0.3, 0.4) is 0 Å². The number of likely N-dealkylation sites (N-methyl/N-ethyl adjacent to an activating group) is 1. The Bertz CT molecular complexity index is 914. The quantitative estimate of drug-likeness (QED) is 0.813. The highest BCUT2D eigenvalue weighted by Crippen LogP contribution is 2.24. The molecule has 1 N–H and O–H groups in total. The summed E-state index contributed by atoms with van der Waals surface area (Å²) in [5, 5.41) is 7.54. The van der Waals surface area contributed by atoms with Crippen LogP contribution in [-0.4, -0.2) is 71.2 Å². The molecule has 1 fully saturated rings. The molecule has 1 aromatic carbocycles. The van der Waals surface area contributed by atoms with Crippen LogP contribution < -0.4 is 5.32 Å². The van der Waals surface area contributed by atoms with E-state index in [-0.39, 0.29) is 11.8 Å². The lowest BCUT2D eigenvalue weighted by Crippen LogP contribution is -2.47. The smallest absolute Gasteiger partial charge is 0.257 e. The molecule has 7 heteroatoms. The van der Waals surface area contributed by atoms with Crippen LogP contribution in [0.4, 0.5) is 0 Å². The predicted octanol–water partition coefficient (Wildman–Crippen LogP) is 1.50.